The van der Waals surface area contributed by atoms with E-state index in [-0.39, 0.29) is 4.90 Å². The maximum absolute atomic E-state index is 11.2. The van der Waals surface area contributed by atoms with Crippen molar-refractivity contribution in [2.24, 2.45) is 5.14 Å². The molecule has 0 amide bonds. The molecule has 124 valence electrons. The number of hydrogen-bond donors (Lipinski definition) is 5. The summed E-state index contributed by atoms with van der Waals surface area (Å²) >= 11 is -0.467. The van der Waals surface area contributed by atoms with E-state index in [4.69, 9.17) is 15.0 Å². The topological polar surface area (TPSA) is 150 Å². The number of nitrogens with two attached hydrogens (primary N) is 1. The predicted octanol–water partition coefficient (Wildman–Crippen LogP) is -3.54. The second-order valence-corrected chi connectivity index (χ2v) is 8.85. The van der Waals surface area contributed by atoms with Crippen LogP contribution in [0.15, 0.2) is 29.2 Å². The van der Waals surface area contributed by atoms with Gasteiger partial charge in [-0.3, -0.25) is 0 Å². The van der Waals surface area contributed by atoms with E-state index in [0.29, 0.717) is 4.46 Å². The molecule has 0 aliphatic carbocycles. The van der Waals surface area contributed by atoms with Gasteiger partial charge in [0, 0.05) is 0 Å². The zero-order valence-corrected chi connectivity index (χ0v) is 13.8. The molecule has 1 aliphatic rings. The van der Waals surface area contributed by atoms with E-state index in [1.165, 1.54) is 12.1 Å². The van der Waals surface area contributed by atoms with Crippen molar-refractivity contribution in [3.8, 4) is 0 Å². The van der Waals surface area contributed by atoms with Gasteiger partial charge in [-0.05, 0) is 0 Å². The molecule has 0 aromatic heterocycles. The van der Waals surface area contributed by atoms with E-state index in [0.717, 1.165) is 0 Å². The van der Waals surface area contributed by atoms with E-state index < -0.39 is 61.0 Å². The maximum atomic E-state index is 11.2. The first-order valence-electron chi connectivity index (χ1n) is 6.34. The fourth-order valence-electron chi connectivity index (χ4n) is 2.01. The summed E-state index contributed by atoms with van der Waals surface area (Å²) in [5.74, 6) is 0. The predicted molar refractivity (Wildman–Crippen MR) is 77.0 cm³/mol. The third-order valence-electron chi connectivity index (χ3n) is 3.25. The minimum absolute atomic E-state index is 0.0270. The molecule has 1 heterocycles. The molecule has 0 spiro atoms. The first-order chi connectivity index (χ1) is 10.2. The zero-order chi connectivity index (χ0) is 16.5. The fourth-order valence-corrected chi connectivity index (χ4v) is 4.75. The van der Waals surface area contributed by atoms with Gasteiger partial charge in [0.05, 0.1) is 0 Å². The van der Waals surface area contributed by atoms with Gasteiger partial charge in [0.2, 0.25) is 0 Å². The van der Waals surface area contributed by atoms with E-state index >= 15 is 0 Å². The molecule has 10 heteroatoms. The molecule has 0 bridgehead atoms. The fraction of sp³-hybridized carbons (Fsp3) is 0.500. The van der Waals surface area contributed by atoms with Crippen molar-refractivity contribution in [2.75, 3.05) is 6.61 Å². The second kappa shape index (κ2) is 6.91. The Hall–Kier alpha value is -0.551. The Balaban J connectivity index is 2.12. The van der Waals surface area contributed by atoms with Crippen LogP contribution in [-0.4, -0.2) is 79.8 Å². The Labute approximate surface area is 133 Å². The monoisotopic (exact) mass is 399 g/mol. The van der Waals surface area contributed by atoms with Crippen LogP contribution in [0.25, 0.3) is 0 Å². The molecule has 22 heavy (non-hydrogen) atoms. The van der Waals surface area contributed by atoms with Crippen LogP contribution in [0.3, 0.4) is 0 Å². The summed E-state index contributed by atoms with van der Waals surface area (Å²) in [6.07, 6.45) is -5.05. The van der Waals surface area contributed by atoms with Crippen LogP contribution in [-0.2, 0) is 14.8 Å². The molecule has 1 aliphatic heterocycles. The van der Waals surface area contributed by atoms with Crippen LogP contribution in [0.5, 0.6) is 0 Å². The average Bonchev–Trinajstić information content (AvgIpc) is 2.47. The van der Waals surface area contributed by atoms with Crippen molar-refractivity contribution in [1.82, 2.24) is 0 Å². The molecule has 0 unspecified atom stereocenters. The molecule has 2 rings (SSSR count). The molecule has 1 aromatic carbocycles. The van der Waals surface area contributed by atoms with Gasteiger partial charge in [-0.15, -0.1) is 0 Å². The molecule has 8 nitrogen and oxygen atoms in total. The Morgan fingerprint density at radius 2 is 1.68 bits per heavy atom. The number of sulfonamides is 1. The van der Waals surface area contributed by atoms with Gasteiger partial charge in [0.15, 0.2) is 0 Å². The summed E-state index contributed by atoms with van der Waals surface area (Å²) in [6.45, 7) is -0.484. The van der Waals surface area contributed by atoms with Crippen LogP contribution in [0, 0.1) is 0 Å². The number of primary sulfonamides is 1. The van der Waals surface area contributed by atoms with E-state index in [1.54, 1.807) is 12.1 Å². The van der Waals surface area contributed by atoms with Crippen LogP contribution < -0.4 is 9.60 Å². The normalized spacial score (nSPS) is 32.9. The average molecular weight is 398 g/mol. The van der Waals surface area contributed by atoms with E-state index in [9.17, 15) is 23.7 Å². The van der Waals surface area contributed by atoms with Gasteiger partial charge in [-0.1, -0.05) is 0 Å². The first-order valence-corrected chi connectivity index (χ1v) is 9.73. The van der Waals surface area contributed by atoms with Gasteiger partial charge < -0.3 is 0 Å². The summed E-state index contributed by atoms with van der Waals surface area (Å²) in [5, 5.41) is 42.7. The van der Waals surface area contributed by atoms with Gasteiger partial charge in [-0.25, -0.2) is 0 Å². The molecular weight excluding hydrogens is 381 g/mol. The molecule has 1 aromatic rings. The Morgan fingerprint density at radius 3 is 2.18 bits per heavy atom. The van der Waals surface area contributed by atoms with Gasteiger partial charge >= 0.3 is 133 Å². The van der Waals surface area contributed by atoms with Crippen molar-refractivity contribution < 1.29 is 33.6 Å². The van der Waals surface area contributed by atoms with Crippen LogP contribution in [0.2, 0.25) is 0 Å². The Kier molecular flexibility index (Phi) is 5.59. The standard InChI is InChI=1S/C12H17NO7SSe/c13-21(18,19)6-1-3-7(4-2-6)22-12-11(17)10(16)9(15)8(5-14)20-12/h1-4,8-12,14-17H,5H2,(H2,13,18,19)/t8-,9+,10+,11-,12+/m1/s1. The third kappa shape index (κ3) is 3.85. The number of benzene rings is 1. The van der Waals surface area contributed by atoms with Crippen LogP contribution >= 0.6 is 0 Å². The molecule has 6 N–H and O–H groups in total. The summed E-state index contributed by atoms with van der Waals surface area (Å²) in [7, 11) is -3.77. The summed E-state index contributed by atoms with van der Waals surface area (Å²) < 4.78 is 28.5. The van der Waals surface area contributed by atoms with Gasteiger partial charge in [-0.2, -0.15) is 0 Å². The molecule has 1 fully saturated rings. The summed E-state index contributed by atoms with van der Waals surface area (Å²) in [5.41, 5.74) is 0. The SMILES string of the molecule is NS(=O)(=O)c1ccc([Se][C@@H]2O[C@H](CO)[C@H](O)[C@H](O)[C@H]2O)cc1. The first kappa shape index (κ1) is 17.8. The molecule has 1 saturated heterocycles. The number of ether oxygens (including phenoxy) is 1. The van der Waals surface area contributed by atoms with Crippen molar-refractivity contribution in [1.29, 1.82) is 0 Å². The summed E-state index contributed by atoms with van der Waals surface area (Å²) in [4.78, 5) is -0.0270. The Morgan fingerprint density at radius 1 is 1.09 bits per heavy atom. The van der Waals surface area contributed by atoms with Crippen LogP contribution in [0.4, 0.5) is 0 Å². The summed E-state index contributed by atoms with van der Waals surface area (Å²) in [6, 6.07) is 5.77. The third-order valence-corrected chi connectivity index (χ3v) is 6.63. The van der Waals surface area contributed by atoms with E-state index in [1.807, 2.05) is 0 Å². The van der Waals surface area contributed by atoms with Crippen molar-refractivity contribution in [3.63, 3.8) is 0 Å². The number of rotatable bonds is 4. The molecule has 5 atom stereocenters. The zero-order valence-electron chi connectivity index (χ0n) is 11.3. The second-order valence-electron chi connectivity index (χ2n) is 4.83. The van der Waals surface area contributed by atoms with Crippen LogP contribution in [0.1, 0.15) is 0 Å². The van der Waals surface area contributed by atoms with Crippen molar-refractivity contribution in [2.45, 2.75) is 34.3 Å². The van der Waals surface area contributed by atoms with Crippen molar-refractivity contribution in [3.05, 3.63) is 24.3 Å². The number of hydrogen-bond acceptors (Lipinski definition) is 7. The minimum atomic E-state index is -3.77. The Bertz CT molecular complexity index is 606. The van der Waals surface area contributed by atoms with E-state index in [2.05, 4.69) is 0 Å². The van der Waals surface area contributed by atoms with Gasteiger partial charge in [0.1, 0.15) is 0 Å². The quantitative estimate of drug-likeness (QED) is 0.330. The number of aliphatic hydroxyl groups is 4. The molecule has 0 radical (unpaired) electrons. The van der Waals surface area contributed by atoms with Gasteiger partial charge in [0.25, 0.3) is 0 Å². The van der Waals surface area contributed by atoms with Crippen molar-refractivity contribution >= 4 is 29.4 Å². The number of aliphatic hydroxyl groups excluding tert-OH is 4. The molecule has 0 saturated carbocycles. The molecular formula is C12H17NO7SSe.